The Morgan fingerprint density at radius 3 is 2.48 bits per heavy atom. The number of nitrogens with zero attached hydrogens (tertiary/aromatic N) is 4. The van der Waals surface area contributed by atoms with Crippen LogP contribution in [0.4, 0.5) is 0 Å². The van der Waals surface area contributed by atoms with E-state index in [-0.39, 0.29) is 11.3 Å². The van der Waals surface area contributed by atoms with Crippen LogP contribution in [0, 0.1) is 13.8 Å². The molecule has 1 amide bonds. The van der Waals surface area contributed by atoms with Crippen molar-refractivity contribution in [3.05, 3.63) is 77.0 Å². The minimum Gasteiger partial charge on any atom is -0.507 e. The average molecular weight is 449 g/mol. The van der Waals surface area contributed by atoms with Crippen molar-refractivity contribution in [2.45, 2.75) is 26.3 Å². The Morgan fingerprint density at radius 2 is 1.85 bits per heavy atom. The van der Waals surface area contributed by atoms with Gasteiger partial charge in [0.25, 0.3) is 11.7 Å². The van der Waals surface area contributed by atoms with Gasteiger partial charge in [0.15, 0.2) is 0 Å². The number of Topliss-reactive ketones (excluding diaryl/α,β-unsaturated/α-hetero) is 1. The molecule has 0 radical (unpaired) electrons. The molecule has 172 valence electrons. The maximum absolute atomic E-state index is 13.1. The number of furan rings is 1. The van der Waals surface area contributed by atoms with Crippen molar-refractivity contribution in [3.63, 3.8) is 0 Å². The van der Waals surface area contributed by atoms with Crippen molar-refractivity contribution < 1.29 is 19.1 Å². The van der Waals surface area contributed by atoms with Gasteiger partial charge in [0.1, 0.15) is 23.3 Å². The second-order valence-corrected chi connectivity index (χ2v) is 8.49. The summed E-state index contributed by atoms with van der Waals surface area (Å²) < 4.78 is 7.51. The van der Waals surface area contributed by atoms with E-state index in [9.17, 15) is 14.7 Å². The fourth-order valence-electron chi connectivity index (χ4n) is 4.18. The molecule has 1 aliphatic rings. The summed E-state index contributed by atoms with van der Waals surface area (Å²) in [6.07, 6.45) is 2.20. The summed E-state index contributed by atoms with van der Waals surface area (Å²) in [6.45, 7) is 4.74. The van der Waals surface area contributed by atoms with Crippen LogP contribution in [0.25, 0.3) is 11.4 Å². The average Bonchev–Trinajstić information content (AvgIpc) is 3.46. The number of carbonyl (C=O) groups is 2. The molecule has 0 bridgehead atoms. The topological polar surface area (TPSA) is 91.8 Å². The van der Waals surface area contributed by atoms with E-state index in [1.54, 1.807) is 23.7 Å². The monoisotopic (exact) mass is 448 g/mol. The van der Waals surface area contributed by atoms with Crippen LogP contribution in [0.15, 0.2) is 58.7 Å². The normalized spacial score (nSPS) is 18.0. The van der Waals surface area contributed by atoms with Crippen LogP contribution in [0.3, 0.4) is 0 Å². The van der Waals surface area contributed by atoms with Gasteiger partial charge in [-0.2, -0.15) is 5.10 Å². The molecule has 8 heteroatoms. The highest BCUT2D eigenvalue weighted by Gasteiger charge is 2.47. The van der Waals surface area contributed by atoms with Crippen molar-refractivity contribution in [1.29, 1.82) is 0 Å². The molecular weight excluding hydrogens is 420 g/mol. The van der Waals surface area contributed by atoms with Gasteiger partial charge in [0.05, 0.1) is 28.7 Å². The number of para-hydroxylation sites is 1. The second-order valence-electron chi connectivity index (χ2n) is 8.49. The van der Waals surface area contributed by atoms with E-state index in [0.717, 1.165) is 12.2 Å². The molecule has 0 spiro atoms. The summed E-state index contributed by atoms with van der Waals surface area (Å²) in [4.78, 5) is 29.6. The Morgan fingerprint density at radius 1 is 1.12 bits per heavy atom. The Labute approximate surface area is 192 Å². The lowest BCUT2D eigenvalue weighted by Crippen LogP contribution is -2.32. The number of benzene rings is 1. The van der Waals surface area contributed by atoms with Crippen molar-refractivity contribution in [2.24, 2.45) is 0 Å². The van der Waals surface area contributed by atoms with E-state index in [2.05, 4.69) is 5.10 Å². The molecule has 8 nitrogen and oxygen atoms in total. The zero-order chi connectivity index (χ0) is 23.7. The first-order valence-corrected chi connectivity index (χ1v) is 10.9. The Bertz CT molecular complexity index is 1210. The van der Waals surface area contributed by atoms with Crippen LogP contribution >= 0.6 is 0 Å². The summed E-state index contributed by atoms with van der Waals surface area (Å²) in [5, 5.41) is 15.7. The number of aliphatic hydroxyl groups is 1. The molecule has 2 aromatic heterocycles. The van der Waals surface area contributed by atoms with Gasteiger partial charge in [-0.05, 0) is 65.2 Å². The number of ketones is 1. The first kappa shape index (κ1) is 22.5. The summed E-state index contributed by atoms with van der Waals surface area (Å²) in [7, 11) is 3.91. The highest BCUT2D eigenvalue weighted by atomic mass is 16.3. The molecular formula is C25H28N4O4. The van der Waals surface area contributed by atoms with Crippen LogP contribution in [-0.4, -0.2) is 63.6 Å². The van der Waals surface area contributed by atoms with Gasteiger partial charge in [-0.3, -0.25) is 9.59 Å². The van der Waals surface area contributed by atoms with E-state index >= 15 is 0 Å². The third-order valence-corrected chi connectivity index (χ3v) is 5.84. The van der Waals surface area contributed by atoms with Crippen molar-refractivity contribution >= 4 is 17.4 Å². The number of aryl methyl sites for hydroxylation is 1. The molecule has 1 saturated heterocycles. The fraction of sp³-hybridized carbons (Fsp3) is 0.320. The number of aliphatic hydroxyl groups excluding tert-OH is 1. The third-order valence-electron chi connectivity index (χ3n) is 5.84. The van der Waals surface area contributed by atoms with Crippen LogP contribution in [0.1, 0.15) is 35.2 Å². The number of aromatic nitrogens is 2. The summed E-state index contributed by atoms with van der Waals surface area (Å²) in [5.74, 6) is -0.490. The van der Waals surface area contributed by atoms with E-state index < -0.39 is 17.7 Å². The number of likely N-dealkylation sites (tertiary alicyclic amines) is 1. The van der Waals surface area contributed by atoms with Crippen LogP contribution in [0.5, 0.6) is 0 Å². The molecule has 0 unspecified atom stereocenters. The quantitative estimate of drug-likeness (QED) is 0.338. The number of hydrogen-bond donors (Lipinski definition) is 1. The molecule has 0 saturated carbocycles. The van der Waals surface area contributed by atoms with E-state index in [1.807, 2.05) is 56.3 Å². The lowest BCUT2D eigenvalue weighted by molar-refractivity contribution is -0.140. The smallest absolute Gasteiger partial charge is 0.295 e. The van der Waals surface area contributed by atoms with E-state index in [0.29, 0.717) is 35.7 Å². The molecule has 3 aromatic rings. The molecule has 0 aliphatic carbocycles. The molecule has 1 N–H and O–H groups in total. The SMILES string of the molecule is Cc1ccc([C@H]2/C(=C(\O)c3cnn(-c4ccccc4)c3C)C(=O)C(=O)N2CCCN(C)C)o1. The Hall–Kier alpha value is -3.65. The number of hydrogen-bond acceptors (Lipinski definition) is 6. The number of rotatable bonds is 7. The minimum absolute atomic E-state index is 0.0231. The van der Waals surface area contributed by atoms with Crippen molar-refractivity contribution in [1.82, 2.24) is 19.6 Å². The molecule has 1 fully saturated rings. The predicted octanol–water partition coefficient (Wildman–Crippen LogP) is 3.46. The van der Waals surface area contributed by atoms with Crippen LogP contribution in [-0.2, 0) is 9.59 Å². The number of amides is 1. The maximum atomic E-state index is 13.1. The first-order valence-electron chi connectivity index (χ1n) is 10.9. The second kappa shape index (κ2) is 9.07. The summed E-state index contributed by atoms with van der Waals surface area (Å²) in [6, 6.07) is 12.3. The fourth-order valence-corrected chi connectivity index (χ4v) is 4.18. The van der Waals surface area contributed by atoms with Crippen molar-refractivity contribution in [2.75, 3.05) is 27.2 Å². The van der Waals surface area contributed by atoms with Gasteiger partial charge in [0.2, 0.25) is 0 Å². The minimum atomic E-state index is -0.791. The highest BCUT2D eigenvalue weighted by Crippen LogP contribution is 2.40. The standard InChI is InChI=1S/C25H28N4O4/c1-16-11-12-20(33-16)22-21(24(31)25(32)28(22)14-8-13-27(3)4)23(30)19-15-26-29(17(19)2)18-9-6-5-7-10-18/h5-7,9-12,15,22,30H,8,13-14H2,1-4H3/b23-21+/t22-/m0/s1. The largest absolute Gasteiger partial charge is 0.507 e. The van der Waals surface area contributed by atoms with E-state index in [1.165, 1.54) is 11.1 Å². The van der Waals surface area contributed by atoms with Crippen molar-refractivity contribution in [3.8, 4) is 5.69 Å². The van der Waals surface area contributed by atoms with Crippen LogP contribution < -0.4 is 0 Å². The zero-order valence-corrected chi connectivity index (χ0v) is 19.3. The lowest BCUT2D eigenvalue weighted by atomic mass is 9.99. The zero-order valence-electron chi connectivity index (χ0n) is 19.3. The summed E-state index contributed by atoms with van der Waals surface area (Å²) >= 11 is 0. The lowest BCUT2D eigenvalue weighted by Gasteiger charge is -2.24. The number of carbonyl (C=O) groups excluding carboxylic acids is 2. The van der Waals surface area contributed by atoms with Gasteiger partial charge in [-0.1, -0.05) is 18.2 Å². The van der Waals surface area contributed by atoms with Gasteiger partial charge in [-0.25, -0.2) is 4.68 Å². The van der Waals surface area contributed by atoms with Crippen LogP contribution in [0.2, 0.25) is 0 Å². The van der Waals surface area contributed by atoms with Gasteiger partial charge in [-0.15, -0.1) is 0 Å². The molecule has 3 heterocycles. The molecule has 1 aromatic carbocycles. The van der Waals surface area contributed by atoms with E-state index in [4.69, 9.17) is 4.42 Å². The molecule has 1 aliphatic heterocycles. The third kappa shape index (κ3) is 4.21. The Balaban J connectivity index is 1.79. The Kier molecular flexibility index (Phi) is 6.20. The van der Waals surface area contributed by atoms with Gasteiger partial charge in [0, 0.05) is 6.54 Å². The first-order chi connectivity index (χ1) is 15.8. The predicted molar refractivity (Wildman–Crippen MR) is 124 cm³/mol. The molecule has 33 heavy (non-hydrogen) atoms. The summed E-state index contributed by atoms with van der Waals surface area (Å²) in [5.41, 5.74) is 1.91. The molecule has 1 atom stereocenters. The molecule has 4 rings (SSSR count). The van der Waals surface area contributed by atoms with Gasteiger partial charge < -0.3 is 19.3 Å². The highest BCUT2D eigenvalue weighted by molar-refractivity contribution is 6.46. The van der Waals surface area contributed by atoms with Gasteiger partial charge >= 0.3 is 0 Å². The maximum Gasteiger partial charge on any atom is 0.295 e.